The van der Waals surface area contributed by atoms with Gasteiger partial charge in [0.2, 0.25) is 0 Å². The Labute approximate surface area is 107 Å². The molecule has 0 aliphatic carbocycles. The summed E-state index contributed by atoms with van der Waals surface area (Å²) in [7, 11) is 0. The maximum atomic E-state index is 12.1. The van der Waals surface area contributed by atoms with Crippen molar-refractivity contribution in [2.24, 2.45) is 5.73 Å². The number of hydrogen-bond acceptors (Lipinski definition) is 3. The number of nitrogens with two attached hydrogens (primary N) is 1. The maximum absolute atomic E-state index is 12.1. The van der Waals surface area contributed by atoms with Crippen LogP contribution in [0.4, 0.5) is 0 Å². The minimum atomic E-state index is -0.712. The van der Waals surface area contributed by atoms with Crippen LogP contribution in [0, 0.1) is 20.8 Å². The number of furan rings is 1. The Kier molecular flexibility index (Phi) is 3.62. The average Bonchev–Trinajstić information content (AvgIpc) is 2.39. The molecule has 94 valence electrons. The van der Waals surface area contributed by atoms with Gasteiger partial charge in [-0.25, -0.2) is 0 Å². The summed E-state index contributed by atoms with van der Waals surface area (Å²) in [4.78, 5) is 12.4. The number of thiocarbonyl (C=S) groups is 1. The second-order valence-corrected chi connectivity index (χ2v) is 5.10. The van der Waals surface area contributed by atoms with E-state index in [4.69, 9.17) is 22.4 Å². The van der Waals surface area contributed by atoms with Gasteiger partial charge in [-0.3, -0.25) is 4.79 Å². The van der Waals surface area contributed by atoms with Crippen molar-refractivity contribution < 1.29 is 9.21 Å². The van der Waals surface area contributed by atoms with Crippen molar-refractivity contribution in [1.82, 2.24) is 5.32 Å². The van der Waals surface area contributed by atoms with E-state index in [9.17, 15) is 4.79 Å². The molecule has 0 atom stereocenters. The Balaban J connectivity index is 3.03. The van der Waals surface area contributed by atoms with Gasteiger partial charge in [-0.2, -0.15) is 0 Å². The first-order valence-electron chi connectivity index (χ1n) is 5.36. The number of hydrogen-bond donors (Lipinski definition) is 2. The van der Waals surface area contributed by atoms with Crippen molar-refractivity contribution in [1.29, 1.82) is 0 Å². The first-order chi connectivity index (χ1) is 7.66. The Morgan fingerprint density at radius 3 is 2.18 bits per heavy atom. The molecule has 4 nitrogen and oxygen atoms in total. The standard InChI is InChI=1S/C12H18N2O2S/c1-6-7(2)16-8(3)9(6)10(15)14-12(4,5)11(13)17/h1-5H3,(H2,13,17)(H,14,15). The number of carbonyl (C=O) groups excluding carboxylic acids is 1. The second-order valence-electron chi connectivity index (χ2n) is 4.66. The van der Waals surface area contributed by atoms with Crippen LogP contribution in [0.15, 0.2) is 4.42 Å². The van der Waals surface area contributed by atoms with Crippen LogP contribution in [0.2, 0.25) is 0 Å². The summed E-state index contributed by atoms with van der Waals surface area (Å²) in [5.41, 5.74) is 6.27. The van der Waals surface area contributed by atoms with Gasteiger partial charge in [-0.1, -0.05) is 12.2 Å². The first-order valence-corrected chi connectivity index (χ1v) is 5.76. The van der Waals surface area contributed by atoms with Gasteiger partial charge in [0.05, 0.1) is 16.1 Å². The summed E-state index contributed by atoms with van der Waals surface area (Å²) in [6.07, 6.45) is 0. The lowest BCUT2D eigenvalue weighted by Gasteiger charge is -2.24. The normalized spacial score (nSPS) is 11.4. The maximum Gasteiger partial charge on any atom is 0.255 e. The van der Waals surface area contributed by atoms with Gasteiger partial charge in [0, 0.05) is 5.56 Å². The molecular formula is C12H18N2O2S. The van der Waals surface area contributed by atoms with Gasteiger partial charge >= 0.3 is 0 Å². The van der Waals surface area contributed by atoms with E-state index >= 15 is 0 Å². The van der Waals surface area contributed by atoms with E-state index in [2.05, 4.69) is 5.32 Å². The molecule has 0 aliphatic rings. The fourth-order valence-electron chi connectivity index (χ4n) is 1.54. The highest BCUT2D eigenvalue weighted by Gasteiger charge is 2.27. The van der Waals surface area contributed by atoms with E-state index in [1.807, 2.05) is 13.8 Å². The smallest absolute Gasteiger partial charge is 0.255 e. The summed E-state index contributed by atoms with van der Waals surface area (Å²) >= 11 is 4.91. The zero-order valence-corrected chi connectivity index (χ0v) is 11.6. The molecule has 0 spiro atoms. The van der Waals surface area contributed by atoms with E-state index < -0.39 is 5.54 Å². The van der Waals surface area contributed by atoms with E-state index in [0.29, 0.717) is 11.3 Å². The van der Waals surface area contributed by atoms with Crippen LogP contribution < -0.4 is 11.1 Å². The van der Waals surface area contributed by atoms with Crippen LogP contribution in [-0.4, -0.2) is 16.4 Å². The molecule has 0 saturated carbocycles. The van der Waals surface area contributed by atoms with Crippen LogP contribution >= 0.6 is 12.2 Å². The molecule has 1 aromatic heterocycles. The van der Waals surface area contributed by atoms with Gasteiger partial charge < -0.3 is 15.5 Å². The molecule has 1 aromatic rings. The molecular weight excluding hydrogens is 236 g/mol. The van der Waals surface area contributed by atoms with E-state index in [0.717, 1.165) is 11.3 Å². The van der Waals surface area contributed by atoms with Crippen LogP contribution in [0.3, 0.4) is 0 Å². The molecule has 0 bridgehead atoms. The van der Waals surface area contributed by atoms with Gasteiger partial charge in [0.1, 0.15) is 11.5 Å². The molecule has 1 heterocycles. The molecule has 1 amide bonds. The highest BCUT2D eigenvalue weighted by atomic mass is 32.1. The number of nitrogens with one attached hydrogen (secondary N) is 1. The van der Waals surface area contributed by atoms with Gasteiger partial charge in [0.15, 0.2) is 0 Å². The van der Waals surface area contributed by atoms with Crippen molar-refractivity contribution in [2.75, 3.05) is 0 Å². The zero-order valence-electron chi connectivity index (χ0n) is 10.8. The fraction of sp³-hybridized carbons (Fsp3) is 0.500. The average molecular weight is 254 g/mol. The van der Waals surface area contributed by atoms with Gasteiger partial charge in [0.25, 0.3) is 5.91 Å². The summed E-state index contributed by atoms with van der Waals surface area (Å²) in [5, 5.41) is 2.80. The first kappa shape index (κ1) is 13.7. The van der Waals surface area contributed by atoms with Crippen LogP contribution in [0.1, 0.15) is 41.3 Å². The second kappa shape index (κ2) is 4.49. The molecule has 1 rings (SSSR count). The highest BCUT2D eigenvalue weighted by molar-refractivity contribution is 7.80. The Morgan fingerprint density at radius 2 is 1.82 bits per heavy atom. The third kappa shape index (κ3) is 2.66. The molecule has 0 radical (unpaired) electrons. The third-order valence-electron chi connectivity index (χ3n) is 2.83. The van der Waals surface area contributed by atoms with Gasteiger partial charge in [-0.05, 0) is 34.6 Å². The molecule has 3 N–H and O–H groups in total. The predicted octanol–water partition coefficient (Wildman–Crippen LogP) is 2.00. The number of aryl methyl sites for hydroxylation is 2. The summed E-state index contributed by atoms with van der Waals surface area (Å²) in [6, 6.07) is 0. The number of rotatable bonds is 3. The SMILES string of the molecule is Cc1oc(C)c(C(=O)NC(C)(C)C(N)=S)c1C. The monoisotopic (exact) mass is 254 g/mol. The lowest BCUT2D eigenvalue weighted by Crippen LogP contribution is -2.52. The lowest BCUT2D eigenvalue weighted by atomic mass is 10.0. The van der Waals surface area contributed by atoms with Crippen molar-refractivity contribution in [3.8, 4) is 0 Å². The molecule has 0 fully saturated rings. The van der Waals surface area contributed by atoms with E-state index in [1.165, 1.54) is 0 Å². The Hall–Kier alpha value is -1.36. The molecule has 17 heavy (non-hydrogen) atoms. The van der Waals surface area contributed by atoms with Crippen molar-refractivity contribution in [3.63, 3.8) is 0 Å². The van der Waals surface area contributed by atoms with Crippen LogP contribution in [0.25, 0.3) is 0 Å². The molecule has 0 aliphatic heterocycles. The molecule has 0 unspecified atom stereocenters. The summed E-state index contributed by atoms with van der Waals surface area (Å²) in [6.45, 7) is 8.99. The van der Waals surface area contributed by atoms with Gasteiger partial charge in [-0.15, -0.1) is 0 Å². The molecule has 0 saturated heterocycles. The van der Waals surface area contributed by atoms with Crippen molar-refractivity contribution in [3.05, 3.63) is 22.6 Å². The minimum Gasteiger partial charge on any atom is -0.466 e. The largest absolute Gasteiger partial charge is 0.466 e. The third-order valence-corrected chi connectivity index (χ3v) is 3.34. The molecule has 0 aromatic carbocycles. The zero-order chi connectivity index (χ0) is 13.4. The van der Waals surface area contributed by atoms with Crippen molar-refractivity contribution in [2.45, 2.75) is 40.2 Å². The van der Waals surface area contributed by atoms with E-state index in [-0.39, 0.29) is 10.9 Å². The highest BCUT2D eigenvalue weighted by Crippen LogP contribution is 2.21. The summed E-state index contributed by atoms with van der Waals surface area (Å²) < 4.78 is 5.42. The quantitative estimate of drug-likeness (QED) is 0.810. The number of carbonyl (C=O) groups is 1. The molecule has 5 heteroatoms. The lowest BCUT2D eigenvalue weighted by molar-refractivity contribution is 0.0930. The van der Waals surface area contributed by atoms with Crippen molar-refractivity contribution >= 4 is 23.1 Å². The van der Waals surface area contributed by atoms with Crippen LogP contribution in [-0.2, 0) is 0 Å². The summed E-state index contributed by atoms with van der Waals surface area (Å²) in [5.74, 6) is 1.15. The fourth-order valence-corrected chi connectivity index (χ4v) is 1.59. The van der Waals surface area contributed by atoms with Crippen LogP contribution in [0.5, 0.6) is 0 Å². The Bertz CT molecular complexity index is 475. The predicted molar refractivity (Wildman–Crippen MR) is 71.2 cm³/mol. The number of amides is 1. The Morgan fingerprint density at radius 1 is 1.29 bits per heavy atom. The van der Waals surface area contributed by atoms with E-state index in [1.54, 1.807) is 20.8 Å². The minimum absolute atomic E-state index is 0.213. The topological polar surface area (TPSA) is 68.3 Å².